The largest absolute Gasteiger partial charge is 0.379 e. The van der Waals surface area contributed by atoms with Crippen LogP contribution in [-0.4, -0.2) is 67.7 Å². The summed E-state index contributed by atoms with van der Waals surface area (Å²) in [6, 6.07) is 0. The number of carbonyl (C=O) groups excluding carboxylic acids is 1. The minimum atomic E-state index is -0.0110. The van der Waals surface area contributed by atoms with E-state index in [0.29, 0.717) is 6.54 Å². The number of likely N-dealkylation sites (N-methyl/N-ethyl adjacent to an activating group) is 2. The first-order valence-electron chi connectivity index (χ1n) is 9.68. The van der Waals surface area contributed by atoms with Gasteiger partial charge in [0.15, 0.2) is 0 Å². The first kappa shape index (κ1) is 18.6. The maximum absolute atomic E-state index is 11.9. The molecule has 1 fully saturated rings. The van der Waals surface area contributed by atoms with Crippen LogP contribution in [0, 0.1) is 0 Å². The van der Waals surface area contributed by atoms with Gasteiger partial charge in [0, 0.05) is 32.1 Å². The minimum absolute atomic E-state index is 0.0110. The fourth-order valence-electron chi connectivity index (χ4n) is 3.86. The zero-order chi connectivity index (χ0) is 18.8. The molecule has 0 saturated carbocycles. The number of nitrogens with zero attached hydrogens (tertiary/aromatic N) is 4. The molecular weight excluding hydrogens is 362 g/mol. The van der Waals surface area contributed by atoms with E-state index < -0.39 is 0 Å². The van der Waals surface area contributed by atoms with Gasteiger partial charge in [0.2, 0.25) is 5.91 Å². The molecule has 0 bridgehead atoms. The normalized spacial score (nSPS) is 17.7. The predicted molar refractivity (Wildman–Crippen MR) is 107 cm³/mol. The third kappa shape index (κ3) is 3.93. The van der Waals surface area contributed by atoms with Crippen molar-refractivity contribution in [2.24, 2.45) is 0 Å². The van der Waals surface area contributed by atoms with Crippen LogP contribution in [0.15, 0.2) is 0 Å². The molecule has 4 rings (SSSR count). The molecule has 2 aromatic heterocycles. The summed E-state index contributed by atoms with van der Waals surface area (Å²) in [6.07, 6.45) is 4.68. The average Bonchev–Trinajstić information content (AvgIpc) is 3.06. The Balaban J connectivity index is 1.73. The smallest absolute Gasteiger partial charge is 0.239 e. The van der Waals surface area contributed by atoms with Crippen molar-refractivity contribution in [3.05, 3.63) is 16.3 Å². The highest BCUT2D eigenvalue weighted by molar-refractivity contribution is 7.19. The van der Waals surface area contributed by atoms with Gasteiger partial charge in [-0.1, -0.05) is 0 Å². The van der Waals surface area contributed by atoms with Gasteiger partial charge in [-0.2, -0.15) is 0 Å². The summed E-state index contributed by atoms with van der Waals surface area (Å²) in [5, 5.41) is 3.87. The fraction of sp³-hybridized carbons (Fsp3) is 0.632. The van der Waals surface area contributed by atoms with Crippen LogP contribution in [0.4, 0.5) is 5.82 Å². The minimum Gasteiger partial charge on any atom is -0.379 e. The van der Waals surface area contributed by atoms with Gasteiger partial charge in [-0.25, -0.2) is 9.97 Å². The lowest BCUT2D eigenvalue weighted by atomic mass is 9.97. The molecule has 2 aliphatic rings. The summed E-state index contributed by atoms with van der Waals surface area (Å²) in [5.41, 5.74) is 1.40. The number of hydrogen-bond donors (Lipinski definition) is 1. The summed E-state index contributed by atoms with van der Waals surface area (Å²) < 4.78 is 5.45. The summed E-state index contributed by atoms with van der Waals surface area (Å²) in [5.74, 6) is 1.72. The molecule has 146 valence electrons. The molecule has 27 heavy (non-hydrogen) atoms. The summed E-state index contributed by atoms with van der Waals surface area (Å²) >= 11 is 1.81. The average molecular weight is 390 g/mol. The number of aromatic nitrogens is 2. The van der Waals surface area contributed by atoms with Crippen LogP contribution in [-0.2, 0) is 28.9 Å². The topological polar surface area (TPSA) is 70.6 Å². The van der Waals surface area contributed by atoms with E-state index >= 15 is 0 Å². The third-order valence-corrected chi connectivity index (χ3v) is 6.52. The molecular formula is C19H27N5O2S. The maximum atomic E-state index is 11.9. The number of fused-ring (bicyclic) bond motifs is 3. The monoisotopic (exact) mass is 389 g/mol. The van der Waals surface area contributed by atoms with Crippen LogP contribution in [0.2, 0.25) is 0 Å². The lowest BCUT2D eigenvalue weighted by Crippen LogP contribution is -2.36. The van der Waals surface area contributed by atoms with Gasteiger partial charge in [0.1, 0.15) is 16.5 Å². The molecule has 1 aliphatic heterocycles. The first-order chi connectivity index (χ1) is 13.2. The molecule has 7 nitrogen and oxygen atoms in total. The van der Waals surface area contributed by atoms with Gasteiger partial charge in [-0.15, -0.1) is 11.3 Å². The molecule has 0 aromatic carbocycles. The first-order valence-corrected chi connectivity index (χ1v) is 10.5. The van der Waals surface area contributed by atoms with Crippen LogP contribution in [0.25, 0.3) is 10.2 Å². The number of rotatable bonds is 5. The molecule has 1 amide bonds. The fourth-order valence-corrected chi connectivity index (χ4v) is 5.13. The van der Waals surface area contributed by atoms with E-state index in [9.17, 15) is 4.79 Å². The van der Waals surface area contributed by atoms with E-state index in [1.165, 1.54) is 23.3 Å². The number of carbonyl (C=O) groups is 1. The van der Waals surface area contributed by atoms with Crippen LogP contribution >= 0.6 is 11.3 Å². The predicted octanol–water partition coefficient (Wildman–Crippen LogP) is 1.58. The van der Waals surface area contributed by atoms with Crippen LogP contribution < -0.4 is 10.2 Å². The standard InChI is InChI=1S/C19H27N5O2S/c1-20-16(25)12-23(2)18-17-13-5-3-4-6-14(13)27-19(17)22-15(21-18)11-24-7-9-26-10-8-24/h3-12H2,1-2H3,(H,20,25). The van der Waals surface area contributed by atoms with Crippen molar-refractivity contribution in [3.63, 3.8) is 0 Å². The number of aryl methyl sites for hydroxylation is 2. The number of hydrogen-bond acceptors (Lipinski definition) is 7. The van der Waals surface area contributed by atoms with E-state index in [0.717, 1.165) is 67.5 Å². The van der Waals surface area contributed by atoms with Crippen molar-refractivity contribution >= 4 is 33.3 Å². The highest BCUT2D eigenvalue weighted by Gasteiger charge is 2.24. The van der Waals surface area contributed by atoms with E-state index in [2.05, 4.69) is 10.2 Å². The molecule has 1 saturated heterocycles. The molecule has 2 aromatic rings. The van der Waals surface area contributed by atoms with Crippen molar-refractivity contribution in [2.75, 3.05) is 51.8 Å². The van der Waals surface area contributed by atoms with Crippen molar-refractivity contribution in [2.45, 2.75) is 32.2 Å². The van der Waals surface area contributed by atoms with Crippen molar-refractivity contribution in [3.8, 4) is 0 Å². The molecule has 0 radical (unpaired) electrons. The van der Waals surface area contributed by atoms with E-state index in [1.54, 1.807) is 7.05 Å². The molecule has 8 heteroatoms. The molecule has 0 atom stereocenters. The highest BCUT2D eigenvalue weighted by atomic mass is 32.1. The highest BCUT2D eigenvalue weighted by Crippen LogP contribution is 2.39. The van der Waals surface area contributed by atoms with Crippen LogP contribution in [0.5, 0.6) is 0 Å². The second kappa shape index (κ2) is 8.08. The Hall–Kier alpha value is -1.77. The maximum Gasteiger partial charge on any atom is 0.239 e. The second-order valence-corrected chi connectivity index (χ2v) is 8.36. The molecule has 0 unspecified atom stereocenters. The zero-order valence-electron chi connectivity index (χ0n) is 16.1. The Bertz CT molecular complexity index is 831. The lowest BCUT2D eigenvalue weighted by molar-refractivity contribution is -0.119. The van der Waals surface area contributed by atoms with Gasteiger partial charge in [-0.05, 0) is 31.2 Å². The number of thiophene rings is 1. The Morgan fingerprint density at radius 3 is 2.81 bits per heavy atom. The van der Waals surface area contributed by atoms with Gasteiger partial charge in [0.05, 0.1) is 31.7 Å². The summed E-state index contributed by atoms with van der Waals surface area (Å²) in [6.45, 7) is 4.36. The van der Waals surface area contributed by atoms with Gasteiger partial charge >= 0.3 is 0 Å². The molecule has 3 heterocycles. The zero-order valence-corrected chi connectivity index (χ0v) is 16.9. The molecule has 1 aliphatic carbocycles. The summed E-state index contributed by atoms with van der Waals surface area (Å²) in [4.78, 5) is 28.6. The lowest BCUT2D eigenvalue weighted by Gasteiger charge is -2.26. The van der Waals surface area contributed by atoms with E-state index in [4.69, 9.17) is 14.7 Å². The van der Waals surface area contributed by atoms with Crippen LogP contribution in [0.3, 0.4) is 0 Å². The van der Waals surface area contributed by atoms with E-state index in [1.807, 2.05) is 23.3 Å². The number of anilines is 1. The number of ether oxygens (including phenoxy) is 1. The molecule has 1 N–H and O–H groups in total. The van der Waals surface area contributed by atoms with Crippen LogP contribution in [0.1, 0.15) is 29.1 Å². The van der Waals surface area contributed by atoms with Crippen molar-refractivity contribution in [1.82, 2.24) is 20.2 Å². The van der Waals surface area contributed by atoms with Gasteiger partial charge in [0.25, 0.3) is 0 Å². The molecule has 0 spiro atoms. The Morgan fingerprint density at radius 2 is 2.04 bits per heavy atom. The number of amides is 1. The van der Waals surface area contributed by atoms with Crippen molar-refractivity contribution < 1.29 is 9.53 Å². The SMILES string of the molecule is CNC(=O)CN(C)c1nc(CN2CCOCC2)nc2sc3c(c12)CCCC3. The Morgan fingerprint density at radius 1 is 1.26 bits per heavy atom. The third-order valence-electron chi connectivity index (χ3n) is 5.33. The Kier molecular flexibility index (Phi) is 5.56. The number of nitrogens with one attached hydrogen (secondary N) is 1. The van der Waals surface area contributed by atoms with Gasteiger partial charge < -0.3 is 15.0 Å². The number of morpholine rings is 1. The second-order valence-electron chi connectivity index (χ2n) is 7.27. The summed E-state index contributed by atoms with van der Waals surface area (Å²) in [7, 11) is 3.62. The van der Waals surface area contributed by atoms with E-state index in [-0.39, 0.29) is 5.91 Å². The van der Waals surface area contributed by atoms with Crippen molar-refractivity contribution in [1.29, 1.82) is 0 Å². The Labute approximate surface area is 163 Å². The quantitative estimate of drug-likeness (QED) is 0.837. The van der Waals surface area contributed by atoms with Gasteiger partial charge in [-0.3, -0.25) is 9.69 Å².